The first-order chi connectivity index (χ1) is 15.2. The third-order valence-corrected chi connectivity index (χ3v) is 6.34. The number of carbonyl (C=O) groups excluding carboxylic acids is 2. The van der Waals surface area contributed by atoms with Crippen LogP contribution in [0.25, 0.3) is 10.9 Å². The maximum absolute atomic E-state index is 13.6. The molecule has 0 spiro atoms. The van der Waals surface area contributed by atoms with Crippen molar-refractivity contribution in [3.05, 3.63) is 77.0 Å². The average Bonchev–Trinajstić information content (AvgIpc) is 3.29. The van der Waals surface area contributed by atoms with E-state index in [0.29, 0.717) is 24.2 Å². The minimum atomic E-state index is -0.934. The van der Waals surface area contributed by atoms with Crippen molar-refractivity contribution in [2.75, 3.05) is 13.1 Å². The molecule has 5 rings (SSSR count). The Bertz CT molecular complexity index is 1120. The minimum Gasteiger partial charge on any atom is -0.444 e. The SMILES string of the molecule is O=C(O[C@H](C(=O)N1CCCCC1)c1ccccc1)c1c2c(nc3ccccc13)CCC2. The van der Waals surface area contributed by atoms with Crippen LogP contribution in [0.2, 0.25) is 0 Å². The highest BCUT2D eigenvalue weighted by molar-refractivity contribution is 6.06. The number of ether oxygens (including phenoxy) is 1. The van der Waals surface area contributed by atoms with Gasteiger partial charge in [0.25, 0.3) is 5.91 Å². The number of benzene rings is 2. The number of rotatable bonds is 4. The Kier molecular flexibility index (Phi) is 5.41. The lowest BCUT2D eigenvalue weighted by atomic mass is 10.0. The highest BCUT2D eigenvalue weighted by Crippen LogP contribution is 2.32. The number of carbonyl (C=O) groups is 2. The summed E-state index contributed by atoms with van der Waals surface area (Å²) in [5, 5.41) is 0.797. The number of hydrogen-bond acceptors (Lipinski definition) is 4. The van der Waals surface area contributed by atoms with Gasteiger partial charge in [-0.05, 0) is 50.2 Å². The van der Waals surface area contributed by atoms with Crippen LogP contribution in [0.1, 0.15) is 59.0 Å². The number of esters is 1. The molecule has 0 unspecified atom stereocenters. The number of pyridine rings is 1. The molecule has 31 heavy (non-hydrogen) atoms. The molecule has 1 saturated heterocycles. The second kappa shape index (κ2) is 8.50. The molecular formula is C26H26N2O3. The van der Waals surface area contributed by atoms with Gasteiger partial charge in [-0.2, -0.15) is 0 Å². The Morgan fingerprint density at radius 3 is 2.42 bits per heavy atom. The summed E-state index contributed by atoms with van der Waals surface area (Å²) in [5.41, 5.74) is 4.03. The third kappa shape index (κ3) is 3.80. The van der Waals surface area contributed by atoms with Crippen LogP contribution in [-0.4, -0.2) is 34.8 Å². The number of fused-ring (bicyclic) bond motifs is 2. The van der Waals surface area contributed by atoms with Crippen LogP contribution < -0.4 is 0 Å². The molecule has 0 radical (unpaired) electrons. The van der Waals surface area contributed by atoms with E-state index >= 15 is 0 Å². The van der Waals surface area contributed by atoms with E-state index in [2.05, 4.69) is 0 Å². The van der Waals surface area contributed by atoms with Crippen LogP contribution in [0, 0.1) is 0 Å². The van der Waals surface area contributed by atoms with Crippen molar-refractivity contribution < 1.29 is 14.3 Å². The molecule has 2 aromatic carbocycles. The highest BCUT2D eigenvalue weighted by atomic mass is 16.5. The van der Waals surface area contributed by atoms with Crippen LogP contribution >= 0.6 is 0 Å². The molecule has 1 aliphatic carbocycles. The highest BCUT2D eigenvalue weighted by Gasteiger charge is 2.33. The first-order valence-corrected chi connectivity index (χ1v) is 11.2. The summed E-state index contributed by atoms with van der Waals surface area (Å²) in [6, 6.07) is 17.0. The van der Waals surface area contributed by atoms with Gasteiger partial charge in [0.1, 0.15) is 0 Å². The quantitative estimate of drug-likeness (QED) is 0.584. The third-order valence-electron chi connectivity index (χ3n) is 6.34. The predicted molar refractivity (Wildman–Crippen MR) is 119 cm³/mol. The van der Waals surface area contributed by atoms with E-state index < -0.39 is 12.1 Å². The number of piperidine rings is 1. The van der Waals surface area contributed by atoms with Gasteiger partial charge in [-0.1, -0.05) is 48.5 Å². The fourth-order valence-corrected chi connectivity index (χ4v) is 4.78. The van der Waals surface area contributed by atoms with Crippen molar-refractivity contribution in [2.24, 2.45) is 0 Å². The zero-order chi connectivity index (χ0) is 21.2. The van der Waals surface area contributed by atoms with Crippen LogP contribution in [0.5, 0.6) is 0 Å². The van der Waals surface area contributed by atoms with Crippen LogP contribution in [0.15, 0.2) is 54.6 Å². The Hall–Kier alpha value is -3.21. The molecule has 1 amide bonds. The summed E-state index contributed by atoms with van der Waals surface area (Å²) in [7, 11) is 0. The van der Waals surface area contributed by atoms with E-state index in [0.717, 1.165) is 60.7 Å². The molecule has 2 aliphatic rings. The monoisotopic (exact) mass is 414 g/mol. The van der Waals surface area contributed by atoms with Crippen LogP contribution in [0.4, 0.5) is 0 Å². The molecule has 5 heteroatoms. The molecular weight excluding hydrogens is 388 g/mol. The second-order valence-corrected chi connectivity index (χ2v) is 8.36. The topological polar surface area (TPSA) is 59.5 Å². The van der Waals surface area contributed by atoms with Gasteiger partial charge in [0, 0.05) is 29.7 Å². The largest absolute Gasteiger partial charge is 0.444 e. The van der Waals surface area contributed by atoms with Crippen molar-refractivity contribution in [1.29, 1.82) is 0 Å². The van der Waals surface area contributed by atoms with E-state index in [1.54, 1.807) is 0 Å². The van der Waals surface area contributed by atoms with Gasteiger partial charge in [0.05, 0.1) is 11.1 Å². The Labute approximate surface area is 182 Å². The summed E-state index contributed by atoms with van der Waals surface area (Å²) in [6.07, 6.45) is 4.84. The maximum Gasteiger partial charge on any atom is 0.340 e. The zero-order valence-electron chi connectivity index (χ0n) is 17.5. The molecule has 0 saturated carbocycles. The Morgan fingerprint density at radius 2 is 1.61 bits per heavy atom. The lowest BCUT2D eigenvalue weighted by Crippen LogP contribution is -2.40. The standard InChI is InChI=1S/C26H26N2O3/c29-25(28-16-7-2-8-17-28)24(18-10-3-1-4-11-18)31-26(30)23-19-12-5-6-14-21(19)27-22-15-9-13-20(22)23/h1,3-6,10-12,14,24H,2,7-9,13,15-17H2/t24-/m0/s1. The van der Waals surface area contributed by atoms with E-state index in [-0.39, 0.29) is 5.91 Å². The fourth-order valence-electron chi connectivity index (χ4n) is 4.78. The fraction of sp³-hybridized carbons (Fsp3) is 0.346. The molecule has 1 atom stereocenters. The number of amides is 1. The molecule has 5 nitrogen and oxygen atoms in total. The molecule has 1 fully saturated rings. The van der Waals surface area contributed by atoms with Gasteiger partial charge in [0.2, 0.25) is 6.10 Å². The number of nitrogens with zero attached hydrogens (tertiary/aromatic N) is 2. The molecule has 158 valence electrons. The summed E-state index contributed by atoms with van der Waals surface area (Å²) in [6.45, 7) is 1.43. The van der Waals surface area contributed by atoms with E-state index in [9.17, 15) is 9.59 Å². The number of aryl methyl sites for hydroxylation is 1. The van der Waals surface area contributed by atoms with Gasteiger partial charge in [-0.15, -0.1) is 0 Å². The van der Waals surface area contributed by atoms with Crippen molar-refractivity contribution in [3.8, 4) is 0 Å². The lowest BCUT2D eigenvalue weighted by molar-refractivity contribution is -0.142. The van der Waals surface area contributed by atoms with E-state index in [4.69, 9.17) is 9.72 Å². The Balaban J connectivity index is 1.53. The molecule has 1 aliphatic heterocycles. The van der Waals surface area contributed by atoms with Crippen molar-refractivity contribution >= 4 is 22.8 Å². The van der Waals surface area contributed by atoms with Gasteiger partial charge in [-0.25, -0.2) is 4.79 Å². The zero-order valence-corrected chi connectivity index (χ0v) is 17.5. The van der Waals surface area contributed by atoms with Crippen molar-refractivity contribution in [2.45, 2.75) is 44.6 Å². The smallest absolute Gasteiger partial charge is 0.340 e. The van der Waals surface area contributed by atoms with Gasteiger partial charge in [-0.3, -0.25) is 9.78 Å². The van der Waals surface area contributed by atoms with Gasteiger partial charge >= 0.3 is 5.97 Å². The molecule has 1 aromatic heterocycles. The van der Waals surface area contributed by atoms with E-state index in [1.807, 2.05) is 59.5 Å². The van der Waals surface area contributed by atoms with Gasteiger partial charge in [0.15, 0.2) is 0 Å². The summed E-state index contributed by atoms with van der Waals surface area (Å²) >= 11 is 0. The summed E-state index contributed by atoms with van der Waals surface area (Å²) < 4.78 is 6.01. The second-order valence-electron chi connectivity index (χ2n) is 8.36. The number of para-hydroxylation sites is 1. The first-order valence-electron chi connectivity index (χ1n) is 11.2. The average molecular weight is 415 g/mol. The lowest BCUT2D eigenvalue weighted by Gasteiger charge is -2.30. The van der Waals surface area contributed by atoms with Crippen LogP contribution in [0.3, 0.4) is 0 Å². The maximum atomic E-state index is 13.6. The first kappa shape index (κ1) is 19.7. The molecule has 0 bridgehead atoms. The number of likely N-dealkylation sites (tertiary alicyclic amines) is 1. The summed E-state index contributed by atoms with van der Waals surface area (Å²) in [4.78, 5) is 33.6. The molecule has 2 heterocycles. The molecule has 3 aromatic rings. The van der Waals surface area contributed by atoms with Crippen molar-refractivity contribution in [3.63, 3.8) is 0 Å². The predicted octanol–water partition coefficient (Wildman–Crippen LogP) is 4.63. The normalized spacial score (nSPS) is 16.7. The number of aromatic nitrogens is 1. The summed E-state index contributed by atoms with van der Waals surface area (Å²) in [5.74, 6) is -0.565. The Morgan fingerprint density at radius 1 is 0.871 bits per heavy atom. The van der Waals surface area contributed by atoms with Crippen LogP contribution in [-0.2, 0) is 22.4 Å². The van der Waals surface area contributed by atoms with Gasteiger partial charge < -0.3 is 9.64 Å². The van der Waals surface area contributed by atoms with E-state index in [1.165, 1.54) is 0 Å². The molecule has 0 N–H and O–H groups in total. The van der Waals surface area contributed by atoms with Crippen molar-refractivity contribution in [1.82, 2.24) is 9.88 Å². The minimum absolute atomic E-state index is 0.130. The number of hydrogen-bond donors (Lipinski definition) is 0.